The fourth-order valence-corrected chi connectivity index (χ4v) is 1.10. The lowest BCUT2D eigenvalue weighted by atomic mass is 10.4. The molecule has 0 heterocycles. The first-order valence-corrected chi connectivity index (χ1v) is 5.27. The molecule has 0 aliphatic heterocycles. The number of nitrogens with two attached hydrogens (primary N) is 2. The third-order valence-corrected chi connectivity index (χ3v) is 2.14. The Morgan fingerprint density at radius 3 is 1.93 bits per heavy atom. The van der Waals surface area contributed by atoms with Crippen LogP contribution in [0.3, 0.4) is 0 Å². The van der Waals surface area contributed by atoms with Gasteiger partial charge in [-0.15, -0.1) is 0 Å². The molecule has 1 atom stereocenters. The molecule has 84 valence electrons. The largest absolute Gasteiger partial charge is 0.343 e. The summed E-state index contributed by atoms with van der Waals surface area (Å²) in [5, 5.41) is 7.03. The molecule has 1 aromatic rings. The molecule has 15 heavy (non-hydrogen) atoms. The molecule has 1 aromatic carbocycles. The molecule has 0 amide bonds. The van der Waals surface area contributed by atoms with Crippen LogP contribution >= 0.6 is 8.03 Å². The molecule has 0 radical (unpaired) electrons. The van der Waals surface area contributed by atoms with Crippen molar-refractivity contribution in [3.05, 3.63) is 30.3 Å². The van der Waals surface area contributed by atoms with E-state index >= 15 is 0 Å². The summed E-state index contributed by atoms with van der Waals surface area (Å²) in [6, 6.07) is 8.58. The van der Waals surface area contributed by atoms with Crippen LogP contribution in [-0.4, -0.2) is 10.9 Å². The Balaban J connectivity index is 0.000000288. The summed E-state index contributed by atoms with van der Waals surface area (Å²) in [5.41, 5.74) is 3.92. The van der Waals surface area contributed by atoms with Crippen molar-refractivity contribution in [2.45, 2.75) is 0 Å². The van der Waals surface area contributed by atoms with E-state index in [4.69, 9.17) is 10.3 Å². The van der Waals surface area contributed by atoms with Gasteiger partial charge in [0.1, 0.15) is 0 Å². The fourth-order valence-electron chi connectivity index (χ4n) is 0.622. The Bertz CT molecular complexity index is 312. The standard InChI is InChI=1S/C6H7O2P.CH7N5/c7-9(8)6-4-2-1-3-5-6;2-1(5-3)6-4/h1-5,9H,(H,7,8);3-4H2,(H3,2,5,6). The lowest BCUT2D eigenvalue weighted by Crippen LogP contribution is -2.44. The summed E-state index contributed by atoms with van der Waals surface area (Å²) < 4.78 is 10.4. The zero-order valence-corrected chi connectivity index (χ0v) is 8.90. The highest BCUT2D eigenvalue weighted by atomic mass is 31.1. The first-order chi connectivity index (χ1) is 7.11. The average Bonchev–Trinajstić information content (AvgIpc) is 2.30. The van der Waals surface area contributed by atoms with Crippen molar-refractivity contribution in [1.29, 1.82) is 5.41 Å². The highest BCUT2D eigenvalue weighted by Gasteiger charge is 1.92. The molecule has 0 fully saturated rings. The number of hydrogen-bond donors (Lipinski definition) is 6. The molecule has 0 aliphatic rings. The smallest absolute Gasteiger partial charge is 0.218 e. The van der Waals surface area contributed by atoms with Gasteiger partial charge in [0.15, 0.2) is 0 Å². The number of guanidine groups is 1. The van der Waals surface area contributed by atoms with Crippen molar-refractivity contribution >= 4 is 19.3 Å². The van der Waals surface area contributed by atoms with Gasteiger partial charge in [0.2, 0.25) is 14.0 Å². The third-order valence-electron chi connectivity index (χ3n) is 1.31. The Morgan fingerprint density at radius 1 is 1.27 bits per heavy atom. The second-order valence-electron chi connectivity index (χ2n) is 2.33. The molecule has 1 rings (SSSR count). The molecule has 0 bridgehead atoms. The van der Waals surface area contributed by atoms with Gasteiger partial charge in [-0.05, 0) is 12.1 Å². The van der Waals surface area contributed by atoms with Crippen LogP contribution in [0.1, 0.15) is 0 Å². The number of hydrogen-bond acceptors (Lipinski definition) is 4. The van der Waals surface area contributed by atoms with E-state index in [2.05, 4.69) is 11.7 Å². The highest BCUT2D eigenvalue weighted by Crippen LogP contribution is 2.10. The minimum Gasteiger partial charge on any atom is -0.343 e. The average molecular weight is 231 g/mol. The minimum absolute atomic E-state index is 0.102. The van der Waals surface area contributed by atoms with E-state index in [1.54, 1.807) is 24.3 Å². The number of hydrazine groups is 2. The van der Waals surface area contributed by atoms with E-state index in [9.17, 15) is 4.57 Å². The van der Waals surface area contributed by atoms with Crippen LogP contribution in [0.5, 0.6) is 0 Å². The van der Waals surface area contributed by atoms with Crippen molar-refractivity contribution in [3.8, 4) is 0 Å². The monoisotopic (exact) mass is 231 g/mol. The zero-order valence-electron chi connectivity index (χ0n) is 7.90. The fraction of sp³-hybridized carbons (Fsp3) is 0. The lowest BCUT2D eigenvalue weighted by molar-refractivity contribution is 0.513. The molecule has 0 saturated carbocycles. The first kappa shape index (κ1) is 13.6. The third kappa shape index (κ3) is 6.64. The molecular weight excluding hydrogens is 217 g/mol. The van der Waals surface area contributed by atoms with E-state index in [0.717, 1.165) is 0 Å². The Labute approximate surface area is 87.8 Å². The van der Waals surface area contributed by atoms with Gasteiger partial charge in [0.05, 0.1) is 0 Å². The van der Waals surface area contributed by atoms with Crippen LogP contribution in [-0.2, 0) is 4.57 Å². The molecule has 8 heteroatoms. The van der Waals surface area contributed by atoms with Crippen LogP contribution in [0.25, 0.3) is 0 Å². The first-order valence-electron chi connectivity index (χ1n) is 3.92. The minimum atomic E-state index is -2.46. The van der Waals surface area contributed by atoms with Gasteiger partial charge >= 0.3 is 0 Å². The summed E-state index contributed by atoms with van der Waals surface area (Å²) >= 11 is 0. The van der Waals surface area contributed by atoms with Crippen LogP contribution in [0.4, 0.5) is 0 Å². The van der Waals surface area contributed by atoms with Crippen LogP contribution in [0, 0.1) is 5.41 Å². The van der Waals surface area contributed by atoms with Crippen LogP contribution in [0.2, 0.25) is 0 Å². The topological polar surface area (TPSA) is 137 Å². The summed E-state index contributed by atoms with van der Waals surface area (Å²) in [5.74, 6) is 9.23. The summed E-state index contributed by atoms with van der Waals surface area (Å²) in [6.45, 7) is 0. The second-order valence-corrected chi connectivity index (χ2v) is 3.52. The molecule has 1 unspecified atom stereocenters. The van der Waals surface area contributed by atoms with Gasteiger partial charge < -0.3 is 4.89 Å². The van der Waals surface area contributed by atoms with Gasteiger partial charge in [-0.3, -0.25) is 20.8 Å². The predicted molar refractivity (Wildman–Crippen MR) is 59.7 cm³/mol. The second kappa shape index (κ2) is 7.95. The van der Waals surface area contributed by atoms with Gasteiger partial charge in [0, 0.05) is 5.30 Å². The summed E-state index contributed by atoms with van der Waals surface area (Å²) in [4.78, 5) is 8.57. The lowest BCUT2D eigenvalue weighted by Gasteiger charge is -1.95. The molecule has 0 aromatic heterocycles. The van der Waals surface area contributed by atoms with Crippen LogP contribution in [0.15, 0.2) is 30.3 Å². The van der Waals surface area contributed by atoms with Crippen molar-refractivity contribution in [3.63, 3.8) is 0 Å². The predicted octanol–water partition coefficient (Wildman–Crippen LogP) is -1.37. The maximum absolute atomic E-state index is 10.4. The molecule has 0 aliphatic carbocycles. The van der Waals surface area contributed by atoms with Crippen molar-refractivity contribution in [1.82, 2.24) is 10.9 Å². The number of nitrogens with one attached hydrogen (secondary N) is 3. The van der Waals surface area contributed by atoms with Gasteiger partial charge in [-0.2, -0.15) is 0 Å². The van der Waals surface area contributed by atoms with Crippen molar-refractivity contribution < 1.29 is 9.46 Å². The normalized spacial score (nSPS) is 10.6. The highest BCUT2D eigenvalue weighted by molar-refractivity contribution is 7.47. The maximum Gasteiger partial charge on any atom is 0.218 e. The van der Waals surface area contributed by atoms with Gasteiger partial charge in [-0.25, -0.2) is 11.7 Å². The zero-order chi connectivity index (χ0) is 11.7. The molecule has 0 saturated heterocycles. The van der Waals surface area contributed by atoms with E-state index in [1.165, 1.54) is 0 Å². The number of rotatable bonds is 1. The van der Waals surface area contributed by atoms with E-state index in [0.29, 0.717) is 5.30 Å². The molecule has 0 spiro atoms. The Hall–Kier alpha value is -1.40. The van der Waals surface area contributed by atoms with Gasteiger partial charge in [-0.1, -0.05) is 18.2 Å². The van der Waals surface area contributed by atoms with E-state index < -0.39 is 8.03 Å². The summed E-state index contributed by atoms with van der Waals surface area (Å²) in [7, 11) is -2.46. The Morgan fingerprint density at radius 2 is 1.73 bits per heavy atom. The quantitative estimate of drug-likeness (QED) is 0.116. The van der Waals surface area contributed by atoms with Crippen LogP contribution < -0.4 is 27.8 Å². The maximum atomic E-state index is 10.4. The summed E-state index contributed by atoms with van der Waals surface area (Å²) in [6.07, 6.45) is 0. The van der Waals surface area contributed by atoms with E-state index in [-0.39, 0.29) is 5.96 Å². The SMILES string of the molecule is N=C(NN)NN.O=[PH](O)c1ccccc1. The van der Waals surface area contributed by atoms with Crippen molar-refractivity contribution in [2.24, 2.45) is 11.7 Å². The molecule has 8 N–H and O–H groups in total. The van der Waals surface area contributed by atoms with E-state index in [1.807, 2.05) is 16.9 Å². The van der Waals surface area contributed by atoms with Gasteiger partial charge in [0.25, 0.3) is 0 Å². The van der Waals surface area contributed by atoms with Crippen molar-refractivity contribution in [2.75, 3.05) is 0 Å². The molecule has 7 nitrogen and oxygen atoms in total. The Kier molecular flexibility index (Phi) is 7.21. The molecular formula is C7H14N5O2P. The number of benzene rings is 1.